The first-order chi connectivity index (χ1) is 16.5. The second-order valence-electron chi connectivity index (χ2n) is 7.40. The van der Waals surface area contributed by atoms with E-state index in [0.29, 0.717) is 25.9 Å². The van der Waals surface area contributed by atoms with E-state index < -0.39 is 5.82 Å². The second-order valence-corrected chi connectivity index (χ2v) is 9.34. The van der Waals surface area contributed by atoms with Gasteiger partial charge in [-0.1, -0.05) is 30.0 Å². The summed E-state index contributed by atoms with van der Waals surface area (Å²) in [6.07, 6.45) is 1.65. The molecule has 0 aliphatic heterocycles. The van der Waals surface area contributed by atoms with Gasteiger partial charge in [-0.3, -0.25) is 14.2 Å². The molecule has 5 rings (SSSR count). The summed E-state index contributed by atoms with van der Waals surface area (Å²) in [4.78, 5) is 35.7. The molecule has 34 heavy (non-hydrogen) atoms. The van der Waals surface area contributed by atoms with E-state index in [0.717, 1.165) is 22.7 Å². The molecule has 2 aromatic carbocycles. The zero-order valence-corrected chi connectivity index (χ0v) is 19.1. The number of thiophene rings is 1. The van der Waals surface area contributed by atoms with Crippen molar-refractivity contribution in [3.63, 3.8) is 0 Å². The summed E-state index contributed by atoms with van der Waals surface area (Å²) in [7, 11) is 0. The molecule has 170 valence electrons. The molecule has 0 fully saturated rings. The van der Waals surface area contributed by atoms with E-state index in [4.69, 9.17) is 4.98 Å². The van der Waals surface area contributed by atoms with E-state index in [1.807, 2.05) is 6.07 Å². The number of pyridine rings is 1. The average Bonchev–Trinajstić information content (AvgIpc) is 3.20. The van der Waals surface area contributed by atoms with Crippen LogP contribution in [0.3, 0.4) is 0 Å². The second kappa shape index (κ2) is 9.32. The Hall–Kier alpha value is -3.63. The number of anilines is 1. The van der Waals surface area contributed by atoms with Gasteiger partial charge < -0.3 is 5.32 Å². The van der Waals surface area contributed by atoms with Gasteiger partial charge in [-0.15, -0.1) is 11.3 Å². The minimum atomic E-state index is -0.455. The van der Waals surface area contributed by atoms with Crippen LogP contribution >= 0.6 is 23.1 Å². The largest absolute Gasteiger partial charge is 0.325 e. The normalized spacial score (nSPS) is 11.2. The molecule has 5 aromatic rings. The SMILES string of the molecule is O=C(CSc1nc2c(sc3ncccc32)c(=O)n1Cc1ccc(F)cc1)Nc1cccc(F)c1. The maximum atomic E-state index is 13.4. The quantitative estimate of drug-likeness (QED) is 0.264. The monoisotopic (exact) mass is 494 g/mol. The minimum Gasteiger partial charge on any atom is -0.325 e. The molecule has 0 saturated carbocycles. The molecule has 3 heterocycles. The molecule has 0 bridgehead atoms. The van der Waals surface area contributed by atoms with E-state index in [1.54, 1.807) is 30.5 Å². The lowest BCUT2D eigenvalue weighted by molar-refractivity contribution is -0.113. The Labute approximate surface area is 200 Å². The molecular weight excluding hydrogens is 478 g/mol. The number of carbonyl (C=O) groups excluding carboxylic acids is 1. The number of carbonyl (C=O) groups is 1. The Balaban J connectivity index is 1.51. The highest BCUT2D eigenvalue weighted by atomic mass is 32.2. The van der Waals surface area contributed by atoms with Crippen LogP contribution in [0, 0.1) is 11.6 Å². The predicted molar refractivity (Wildman–Crippen MR) is 130 cm³/mol. The molecule has 0 spiro atoms. The topological polar surface area (TPSA) is 76.9 Å². The van der Waals surface area contributed by atoms with Gasteiger partial charge in [0.2, 0.25) is 5.91 Å². The molecule has 6 nitrogen and oxygen atoms in total. The summed E-state index contributed by atoms with van der Waals surface area (Å²) >= 11 is 2.36. The lowest BCUT2D eigenvalue weighted by Gasteiger charge is -2.12. The number of hydrogen-bond acceptors (Lipinski definition) is 6. The maximum absolute atomic E-state index is 13.4. The van der Waals surface area contributed by atoms with Gasteiger partial charge in [-0.25, -0.2) is 18.7 Å². The van der Waals surface area contributed by atoms with Crippen molar-refractivity contribution in [2.75, 3.05) is 11.1 Å². The average molecular weight is 495 g/mol. The molecule has 0 atom stereocenters. The van der Waals surface area contributed by atoms with Crippen molar-refractivity contribution in [3.05, 3.63) is 94.4 Å². The standard InChI is InChI=1S/C24H16F2N4O2S2/c25-15-8-6-14(7-9-15)12-30-23(32)21-20(18-5-2-10-27-22(18)34-21)29-24(30)33-13-19(31)28-17-4-1-3-16(26)11-17/h1-11H,12-13H2,(H,28,31). The zero-order chi connectivity index (χ0) is 23.7. The van der Waals surface area contributed by atoms with Crippen molar-refractivity contribution in [2.24, 2.45) is 0 Å². The number of nitrogens with one attached hydrogen (secondary N) is 1. The highest BCUT2D eigenvalue weighted by molar-refractivity contribution is 7.99. The number of amides is 1. The molecule has 0 aliphatic carbocycles. The Kier molecular flexibility index (Phi) is 6.08. The predicted octanol–water partition coefficient (Wildman–Crippen LogP) is 5.06. The third-order valence-electron chi connectivity index (χ3n) is 5.01. The summed E-state index contributed by atoms with van der Waals surface area (Å²) in [5.41, 5.74) is 1.33. The molecule has 0 saturated heterocycles. The Morgan fingerprint density at radius 1 is 1.06 bits per heavy atom. The molecule has 0 unspecified atom stereocenters. The Morgan fingerprint density at radius 3 is 2.68 bits per heavy atom. The van der Waals surface area contributed by atoms with Gasteiger partial charge in [0.25, 0.3) is 5.56 Å². The minimum absolute atomic E-state index is 0.0435. The Morgan fingerprint density at radius 2 is 1.88 bits per heavy atom. The van der Waals surface area contributed by atoms with Crippen LogP contribution in [0.25, 0.3) is 20.4 Å². The highest BCUT2D eigenvalue weighted by Gasteiger charge is 2.18. The van der Waals surface area contributed by atoms with Gasteiger partial charge in [0, 0.05) is 17.3 Å². The van der Waals surface area contributed by atoms with Crippen molar-refractivity contribution < 1.29 is 13.6 Å². The van der Waals surface area contributed by atoms with Crippen LogP contribution in [0.1, 0.15) is 5.56 Å². The third-order valence-corrected chi connectivity index (χ3v) is 7.08. The van der Waals surface area contributed by atoms with Crippen LogP contribution in [0.15, 0.2) is 76.8 Å². The summed E-state index contributed by atoms with van der Waals surface area (Å²) in [5.74, 6) is -1.24. The number of hydrogen-bond donors (Lipinski definition) is 1. The molecular formula is C24H16F2N4O2S2. The lowest BCUT2D eigenvalue weighted by atomic mass is 10.2. The number of thioether (sulfide) groups is 1. The molecule has 0 radical (unpaired) electrons. The molecule has 1 amide bonds. The van der Waals surface area contributed by atoms with Crippen molar-refractivity contribution >= 4 is 55.1 Å². The first-order valence-electron chi connectivity index (χ1n) is 10.2. The van der Waals surface area contributed by atoms with Crippen LogP contribution in [-0.4, -0.2) is 26.2 Å². The smallest absolute Gasteiger partial charge is 0.272 e. The molecule has 3 aromatic heterocycles. The maximum Gasteiger partial charge on any atom is 0.272 e. The number of nitrogens with zero attached hydrogens (tertiary/aromatic N) is 3. The van der Waals surface area contributed by atoms with Crippen molar-refractivity contribution in [2.45, 2.75) is 11.7 Å². The number of benzene rings is 2. The lowest BCUT2D eigenvalue weighted by Crippen LogP contribution is -2.24. The van der Waals surface area contributed by atoms with Crippen molar-refractivity contribution in [1.82, 2.24) is 14.5 Å². The number of aromatic nitrogens is 3. The van der Waals surface area contributed by atoms with Gasteiger partial charge in [0.1, 0.15) is 21.2 Å². The van der Waals surface area contributed by atoms with E-state index in [1.165, 1.54) is 46.2 Å². The first kappa shape index (κ1) is 22.2. The van der Waals surface area contributed by atoms with Gasteiger partial charge in [0.15, 0.2) is 5.16 Å². The number of fused-ring (bicyclic) bond motifs is 3. The first-order valence-corrected chi connectivity index (χ1v) is 12.0. The fourth-order valence-corrected chi connectivity index (χ4v) is 5.28. The van der Waals surface area contributed by atoms with E-state index >= 15 is 0 Å². The fraction of sp³-hybridized carbons (Fsp3) is 0.0833. The van der Waals surface area contributed by atoms with E-state index in [-0.39, 0.29) is 29.6 Å². The summed E-state index contributed by atoms with van der Waals surface area (Å²) in [5, 5.41) is 3.75. The van der Waals surface area contributed by atoms with Gasteiger partial charge in [-0.2, -0.15) is 0 Å². The van der Waals surface area contributed by atoms with Crippen molar-refractivity contribution in [3.8, 4) is 0 Å². The van der Waals surface area contributed by atoms with E-state index in [9.17, 15) is 18.4 Å². The zero-order valence-electron chi connectivity index (χ0n) is 17.5. The van der Waals surface area contributed by atoms with Gasteiger partial charge >= 0.3 is 0 Å². The highest BCUT2D eigenvalue weighted by Crippen LogP contribution is 2.30. The molecule has 1 N–H and O–H groups in total. The van der Waals surface area contributed by atoms with Crippen molar-refractivity contribution in [1.29, 1.82) is 0 Å². The number of rotatable bonds is 6. The van der Waals surface area contributed by atoms with Crippen LogP contribution in [-0.2, 0) is 11.3 Å². The van der Waals surface area contributed by atoms with Gasteiger partial charge in [0.05, 0.1) is 17.8 Å². The van der Waals surface area contributed by atoms with Crippen LogP contribution < -0.4 is 10.9 Å². The Bertz CT molecular complexity index is 1580. The van der Waals surface area contributed by atoms with Crippen LogP contribution in [0.4, 0.5) is 14.5 Å². The fourth-order valence-electron chi connectivity index (χ4n) is 3.46. The van der Waals surface area contributed by atoms with Crippen LogP contribution in [0.2, 0.25) is 0 Å². The summed E-state index contributed by atoms with van der Waals surface area (Å²) < 4.78 is 28.7. The molecule has 0 aliphatic rings. The van der Waals surface area contributed by atoms with Crippen LogP contribution in [0.5, 0.6) is 0 Å². The van der Waals surface area contributed by atoms with E-state index in [2.05, 4.69) is 10.3 Å². The van der Waals surface area contributed by atoms with Gasteiger partial charge in [-0.05, 0) is 48.0 Å². The third kappa shape index (κ3) is 4.55. The summed E-state index contributed by atoms with van der Waals surface area (Å²) in [6, 6.07) is 15.1. The summed E-state index contributed by atoms with van der Waals surface area (Å²) in [6.45, 7) is 0.164. The number of halogens is 2. The molecule has 10 heteroatoms.